The lowest BCUT2D eigenvalue weighted by Gasteiger charge is -1.90. The van der Waals surface area contributed by atoms with E-state index in [1.807, 2.05) is 0 Å². The Labute approximate surface area is 49.2 Å². The first-order chi connectivity index (χ1) is 3.48. The highest BCUT2D eigenvalue weighted by molar-refractivity contribution is 7.93. The van der Waals surface area contributed by atoms with E-state index in [1.165, 1.54) is 6.08 Å². The van der Waals surface area contributed by atoms with Gasteiger partial charge in [0.05, 0.1) is 4.91 Å². The van der Waals surface area contributed by atoms with Gasteiger partial charge in [0, 0.05) is 0 Å². The number of primary sulfonamides is 1. The molecule has 0 unspecified atom stereocenters. The maximum Gasteiger partial charge on any atom is 0.233 e. The molecule has 3 nitrogen and oxygen atoms in total. The molecule has 0 aliphatic carbocycles. The van der Waals surface area contributed by atoms with Gasteiger partial charge < -0.3 is 0 Å². The topological polar surface area (TPSA) is 60.2 Å². The molecule has 0 spiro atoms. The van der Waals surface area contributed by atoms with Crippen molar-refractivity contribution in [1.29, 1.82) is 0 Å². The molecule has 0 amide bonds. The SMILES string of the molecule is [CH2]C(=CC)S(N)(=O)=O. The van der Waals surface area contributed by atoms with Crippen molar-refractivity contribution < 1.29 is 8.42 Å². The minimum Gasteiger partial charge on any atom is -0.225 e. The molecular weight excluding hydrogens is 126 g/mol. The highest BCUT2D eigenvalue weighted by Crippen LogP contribution is 1.95. The van der Waals surface area contributed by atoms with Crippen LogP contribution < -0.4 is 5.14 Å². The second kappa shape index (κ2) is 2.28. The maximum absolute atomic E-state index is 10.2. The van der Waals surface area contributed by atoms with Crippen molar-refractivity contribution in [3.8, 4) is 0 Å². The van der Waals surface area contributed by atoms with E-state index in [0.717, 1.165) is 0 Å². The molecule has 0 atom stereocenters. The molecule has 0 aliphatic rings. The Balaban J connectivity index is 4.55. The van der Waals surface area contributed by atoms with E-state index in [2.05, 4.69) is 12.1 Å². The van der Waals surface area contributed by atoms with Gasteiger partial charge in [0.1, 0.15) is 0 Å². The molecule has 0 rings (SSSR count). The molecule has 1 radical (unpaired) electrons. The van der Waals surface area contributed by atoms with Gasteiger partial charge in [-0.05, 0) is 13.8 Å². The number of rotatable bonds is 1. The van der Waals surface area contributed by atoms with Gasteiger partial charge in [-0.1, -0.05) is 6.08 Å². The van der Waals surface area contributed by atoms with Gasteiger partial charge in [0.2, 0.25) is 10.0 Å². The first-order valence-electron chi connectivity index (χ1n) is 1.99. The van der Waals surface area contributed by atoms with Crippen LogP contribution in [0.25, 0.3) is 0 Å². The molecule has 0 saturated carbocycles. The summed E-state index contributed by atoms with van der Waals surface area (Å²) >= 11 is 0. The summed E-state index contributed by atoms with van der Waals surface area (Å²) < 4.78 is 20.4. The number of nitrogens with two attached hydrogens (primary N) is 1. The third-order valence-corrected chi connectivity index (χ3v) is 1.65. The minimum atomic E-state index is -3.50. The normalized spacial score (nSPS) is 14.1. The average Bonchev–Trinajstić information content (AvgIpc) is 1.62. The second-order valence-corrected chi connectivity index (χ2v) is 2.91. The van der Waals surface area contributed by atoms with Gasteiger partial charge in [0.15, 0.2) is 0 Å². The summed E-state index contributed by atoms with van der Waals surface area (Å²) in [6.07, 6.45) is 1.34. The molecule has 0 aliphatic heterocycles. The molecule has 2 N–H and O–H groups in total. The van der Waals surface area contributed by atoms with Crippen LogP contribution in [0.2, 0.25) is 0 Å². The summed E-state index contributed by atoms with van der Waals surface area (Å²) in [5.41, 5.74) is 0. The number of sulfonamides is 1. The van der Waals surface area contributed by atoms with Crippen LogP contribution >= 0.6 is 0 Å². The van der Waals surface area contributed by atoms with Gasteiger partial charge in [-0.2, -0.15) is 0 Å². The highest BCUT2D eigenvalue weighted by Gasteiger charge is 2.01. The van der Waals surface area contributed by atoms with E-state index in [9.17, 15) is 8.42 Å². The van der Waals surface area contributed by atoms with Crippen molar-refractivity contribution >= 4 is 10.0 Å². The smallest absolute Gasteiger partial charge is 0.225 e. The van der Waals surface area contributed by atoms with Crippen LogP contribution in [-0.4, -0.2) is 8.42 Å². The predicted octanol–water partition coefficient (Wildman–Crippen LogP) is 0.0128. The lowest BCUT2D eigenvalue weighted by atomic mass is 10.6. The van der Waals surface area contributed by atoms with Crippen LogP contribution in [0.1, 0.15) is 6.92 Å². The zero-order valence-electron chi connectivity index (χ0n) is 4.59. The second-order valence-electron chi connectivity index (χ2n) is 1.30. The molecule has 0 bridgehead atoms. The van der Waals surface area contributed by atoms with Gasteiger partial charge >= 0.3 is 0 Å². The molecule has 4 heteroatoms. The van der Waals surface area contributed by atoms with E-state index in [-0.39, 0.29) is 4.91 Å². The number of hydrogen-bond donors (Lipinski definition) is 1. The predicted molar refractivity (Wildman–Crippen MR) is 32.2 cm³/mol. The average molecular weight is 134 g/mol. The zero-order chi connectivity index (χ0) is 6.78. The molecule has 0 aromatic carbocycles. The molecule has 0 aromatic heterocycles. The zero-order valence-corrected chi connectivity index (χ0v) is 5.40. The van der Waals surface area contributed by atoms with Crippen molar-refractivity contribution in [3.05, 3.63) is 17.9 Å². The Bertz CT molecular complexity index is 190. The minimum absolute atomic E-state index is 0.0440. The third-order valence-electron chi connectivity index (χ3n) is 0.687. The van der Waals surface area contributed by atoms with E-state index in [4.69, 9.17) is 0 Å². The van der Waals surface area contributed by atoms with Gasteiger partial charge in [-0.3, -0.25) is 0 Å². The summed E-state index contributed by atoms with van der Waals surface area (Å²) in [5, 5.41) is 4.63. The van der Waals surface area contributed by atoms with E-state index in [0.29, 0.717) is 0 Å². The standard InChI is InChI=1S/C4H8NO2S/c1-3-4(2)8(5,6)7/h3H,2H2,1H3,(H2,5,6,7). The summed E-state index contributed by atoms with van der Waals surface area (Å²) in [4.78, 5) is -0.0440. The maximum atomic E-state index is 10.2. The molecule has 0 aromatic rings. The fourth-order valence-corrected chi connectivity index (χ4v) is 0.493. The lowest BCUT2D eigenvalue weighted by molar-refractivity contribution is 0.604. The molecule has 0 saturated heterocycles. The number of hydrogen-bond acceptors (Lipinski definition) is 2. The summed E-state index contributed by atoms with van der Waals surface area (Å²) in [7, 11) is -3.50. The first-order valence-corrected chi connectivity index (χ1v) is 3.54. The number of allylic oxidation sites excluding steroid dienone is 2. The summed E-state index contributed by atoms with van der Waals surface area (Å²) in [6, 6.07) is 0. The summed E-state index contributed by atoms with van der Waals surface area (Å²) in [6.45, 7) is 4.74. The molecule has 0 fully saturated rings. The van der Waals surface area contributed by atoms with Crippen molar-refractivity contribution in [1.82, 2.24) is 0 Å². The Morgan fingerprint density at radius 2 is 2.12 bits per heavy atom. The molecule has 47 valence electrons. The van der Waals surface area contributed by atoms with E-state index in [1.54, 1.807) is 6.92 Å². The molecular formula is C4H8NO2S. The van der Waals surface area contributed by atoms with Crippen LogP contribution in [0, 0.1) is 6.92 Å². The van der Waals surface area contributed by atoms with E-state index >= 15 is 0 Å². The first kappa shape index (κ1) is 7.65. The lowest BCUT2D eigenvalue weighted by Crippen LogP contribution is -2.12. The Morgan fingerprint density at radius 3 is 2.12 bits per heavy atom. The fraction of sp³-hybridized carbons (Fsp3) is 0.250. The fourth-order valence-electron chi connectivity index (χ4n) is 0.164. The molecule has 0 heterocycles. The van der Waals surface area contributed by atoms with Crippen LogP contribution in [0.15, 0.2) is 11.0 Å². The van der Waals surface area contributed by atoms with Crippen molar-refractivity contribution in [2.24, 2.45) is 5.14 Å². The largest absolute Gasteiger partial charge is 0.233 e. The quantitative estimate of drug-likeness (QED) is 0.549. The Morgan fingerprint density at radius 1 is 1.75 bits per heavy atom. The van der Waals surface area contributed by atoms with Crippen LogP contribution in [0.3, 0.4) is 0 Å². The molecule has 8 heavy (non-hydrogen) atoms. The van der Waals surface area contributed by atoms with Crippen LogP contribution in [0.4, 0.5) is 0 Å². The highest BCUT2D eigenvalue weighted by atomic mass is 32.2. The van der Waals surface area contributed by atoms with Crippen LogP contribution in [0.5, 0.6) is 0 Å². The third kappa shape index (κ3) is 2.09. The van der Waals surface area contributed by atoms with Crippen molar-refractivity contribution in [3.63, 3.8) is 0 Å². The summed E-state index contributed by atoms with van der Waals surface area (Å²) in [5.74, 6) is 0. The van der Waals surface area contributed by atoms with Gasteiger partial charge in [-0.15, -0.1) is 0 Å². The van der Waals surface area contributed by atoms with Crippen LogP contribution in [-0.2, 0) is 10.0 Å². The monoisotopic (exact) mass is 134 g/mol. The van der Waals surface area contributed by atoms with E-state index < -0.39 is 10.0 Å². The van der Waals surface area contributed by atoms with Crippen molar-refractivity contribution in [2.75, 3.05) is 0 Å². The Hall–Kier alpha value is -0.350. The van der Waals surface area contributed by atoms with Gasteiger partial charge in [0.25, 0.3) is 0 Å². The van der Waals surface area contributed by atoms with Gasteiger partial charge in [-0.25, -0.2) is 13.6 Å². The van der Waals surface area contributed by atoms with Crippen molar-refractivity contribution in [2.45, 2.75) is 6.92 Å². The Kier molecular flexibility index (Phi) is 2.18.